The largest absolute Gasteiger partial charge is 0.510 e. The van der Waals surface area contributed by atoms with Crippen LogP contribution in [-0.2, 0) is 20.9 Å². The molecule has 48 heavy (non-hydrogen) atoms. The van der Waals surface area contributed by atoms with E-state index in [9.17, 15) is 24.8 Å². The van der Waals surface area contributed by atoms with E-state index in [1.54, 1.807) is 28.8 Å². The maximum atomic E-state index is 12.1. The quantitative estimate of drug-likeness (QED) is 0.0207. The molecule has 0 aliphatic carbocycles. The fourth-order valence-corrected chi connectivity index (χ4v) is 4.82. The van der Waals surface area contributed by atoms with Gasteiger partial charge in [0.2, 0.25) is 6.23 Å². The summed E-state index contributed by atoms with van der Waals surface area (Å²) in [6.45, 7) is 4.05. The standard InChI is InChI=1S/C32H37N7O9/c1-3-45-31-35-27-13-9-12-26(30(40)41)28(27)37(31)20-22-14-16-23(17-15-22)24-10-5-6-11-25(24)29(33)36-38(34)21(2)48-32(42)46-18-7-4-8-19-47-39(43)44/h5-6,9-17,21H,3-4,7-8,18-20,34H2,1-2H3,(H2,33,36)(H,40,41). The number of carboxylic acids is 1. The monoisotopic (exact) mass is 663 g/mol. The number of fused-ring (bicyclic) bond motifs is 1. The second-order valence-corrected chi connectivity index (χ2v) is 10.4. The SMILES string of the molecule is CCOc1nc2cccc(C(=O)O)c2n1Cc1ccc(-c2ccccc2/C(N)=N/N(N)C(C)OC(=O)OCCCCCO[N+](=O)[O-])cc1. The van der Waals surface area contributed by atoms with Gasteiger partial charge in [-0.05, 0) is 61.9 Å². The summed E-state index contributed by atoms with van der Waals surface area (Å²) in [5.41, 5.74) is 10.6. The first-order valence-electron chi connectivity index (χ1n) is 15.1. The highest BCUT2D eigenvalue weighted by Gasteiger charge is 2.20. The third-order valence-corrected chi connectivity index (χ3v) is 7.11. The van der Waals surface area contributed by atoms with Crippen molar-refractivity contribution in [2.24, 2.45) is 16.7 Å². The molecule has 16 nitrogen and oxygen atoms in total. The van der Waals surface area contributed by atoms with Crippen LogP contribution >= 0.6 is 0 Å². The Morgan fingerprint density at radius 3 is 2.46 bits per heavy atom. The Morgan fingerprint density at radius 1 is 1.04 bits per heavy atom. The van der Waals surface area contributed by atoms with E-state index in [1.165, 1.54) is 13.0 Å². The van der Waals surface area contributed by atoms with Crippen molar-refractivity contribution in [2.45, 2.75) is 45.9 Å². The zero-order valence-electron chi connectivity index (χ0n) is 26.5. The molecule has 0 bridgehead atoms. The molecule has 4 rings (SSSR count). The van der Waals surface area contributed by atoms with Gasteiger partial charge >= 0.3 is 12.1 Å². The zero-order valence-corrected chi connectivity index (χ0v) is 26.5. The van der Waals surface area contributed by atoms with Crippen LogP contribution in [-0.4, -0.2) is 68.9 Å². The summed E-state index contributed by atoms with van der Waals surface area (Å²) < 4.78 is 17.7. The van der Waals surface area contributed by atoms with E-state index in [0.29, 0.717) is 55.0 Å². The van der Waals surface area contributed by atoms with Crippen LogP contribution in [0.15, 0.2) is 71.8 Å². The molecule has 5 N–H and O–H groups in total. The number of ether oxygens (including phenoxy) is 3. The summed E-state index contributed by atoms with van der Waals surface area (Å²) in [4.78, 5) is 42.9. The molecule has 1 heterocycles. The van der Waals surface area contributed by atoms with Crippen LogP contribution in [0.25, 0.3) is 22.2 Å². The van der Waals surface area contributed by atoms with Gasteiger partial charge in [-0.2, -0.15) is 10.1 Å². The number of nitrogens with zero attached hydrogens (tertiary/aromatic N) is 5. The van der Waals surface area contributed by atoms with Crippen LogP contribution in [0, 0.1) is 10.1 Å². The van der Waals surface area contributed by atoms with Crippen molar-refractivity contribution in [1.29, 1.82) is 0 Å². The number of carbonyl (C=O) groups excluding carboxylic acids is 1. The van der Waals surface area contributed by atoms with Gasteiger partial charge in [0, 0.05) is 5.56 Å². The van der Waals surface area contributed by atoms with Crippen LogP contribution in [0.4, 0.5) is 4.79 Å². The molecular weight excluding hydrogens is 626 g/mol. The highest BCUT2D eigenvalue weighted by Crippen LogP contribution is 2.28. The summed E-state index contributed by atoms with van der Waals surface area (Å²) in [7, 11) is 0. The number of benzene rings is 3. The van der Waals surface area contributed by atoms with Gasteiger partial charge in [-0.15, -0.1) is 15.2 Å². The number of imidazole rings is 1. The Balaban J connectivity index is 1.42. The first-order chi connectivity index (χ1) is 23.1. The lowest BCUT2D eigenvalue weighted by Crippen LogP contribution is -2.40. The molecule has 0 amide bonds. The summed E-state index contributed by atoms with van der Waals surface area (Å²) in [6, 6.07) is 20.3. The lowest BCUT2D eigenvalue weighted by atomic mass is 9.98. The molecule has 0 aliphatic rings. The molecule has 1 aromatic heterocycles. The number of amidine groups is 1. The maximum absolute atomic E-state index is 12.1. The molecule has 254 valence electrons. The number of carboxylic acid groups (broad SMARTS) is 1. The highest BCUT2D eigenvalue weighted by atomic mass is 16.9. The average molecular weight is 664 g/mol. The van der Waals surface area contributed by atoms with E-state index in [2.05, 4.69) is 14.9 Å². The Hall–Kier alpha value is -5.90. The second-order valence-electron chi connectivity index (χ2n) is 10.4. The van der Waals surface area contributed by atoms with Crippen molar-refractivity contribution in [3.8, 4) is 17.1 Å². The zero-order chi connectivity index (χ0) is 34.6. The third kappa shape index (κ3) is 9.10. The highest BCUT2D eigenvalue weighted by molar-refractivity contribution is 6.03. The van der Waals surface area contributed by atoms with Gasteiger partial charge in [-0.3, -0.25) is 4.57 Å². The second kappa shape index (κ2) is 16.6. The third-order valence-electron chi connectivity index (χ3n) is 7.11. The van der Waals surface area contributed by atoms with Crippen LogP contribution in [0.2, 0.25) is 0 Å². The van der Waals surface area contributed by atoms with E-state index >= 15 is 0 Å². The minimum atomic E-state index is -1.06. The smallest absolute Gasteiger partial charge is 0.478 e. The lowest BCUT2D eigenvalue weighted by molar-refractivity contribution is -0.757. The van der Waals surface area contributed by atoms with Gasteiger partial charge < -0.3 is 29.9 Å². The lowest BCUT2D eigenvalue weighted by Gasteiger charge is -2.21. The van der Waals surface area contributed by atoms with E-state index in [0.717, 1.165) is 21.8 Å². The van der Waals surface area contributed by atoms with Gasteiger partial charge in [-0.1, -0.05) is 54.6 Å². The number of hydrazine groups is 1. The molecule has 0 radical (unpaired) electrons. The van der Waals surface area contributed by atoms with Crippen molar-refractivity contribution in [3.63, 3.8) is 0 Å². The molecular formula is C32H37N7O9. The number of hydrogen-bond donors (Lipinski definition) is 3. The summed E-state index contributed by atoms with van der Waals surface area (Å²) in [5.74, 6) is 5.04. The summed E-state index contributed by atoms with van der Waals surface area (Å²) in [5, 5.41) is 24.2. The van der Waals surface area contributed by atoms with Crippen molar-refractivity contribution < 1.29 is 38.8 Å². The topological polar surface area (TPSA) is 220 Å². The average Bonchev–Trinajstić information content (AvgIpc) is 3.41. The van der Waals surface area contributed by atoms with Gasteiger partial charge in [0.05, 0.1) is 43.0 Å². The number of rotatable bonds is 17. The van der Waals surface area contributed by atoms with Crippen molar-refractivity contribution in [3.05, 3.63) is 93.5 Å². The summed E-state index contributed by atoms with van der Waals surface area (Å²) in [6.07, 6.45) is -0.490. The molecule has 16 heteroatoms. The van der Waals surface area contributed by atoms with Crippen molar-refractivity contribution in [1.82, 2.24) is 14.7 Å². The number of hydrogen-bond acceptors (Lipinski definition) is 12. The van der Waals surface area contributed by atoms with Gasteiger partial charge in [0.15, 0.2) is 5.84 Å². The molecule has 0 spiro atoms. The van der Waals surface area contributed by atoms with E-state index in [-0.39, 0.29) is 24.6 Å². The minimum absolute atomic E-state index is 0.0268. The van der Waals surface area contributed by atoms with Crippen LogP contribution in [0.1, 0.15) is 54.6 Å². The molecule has 0 aliphatic heterocycles. The Kier molecular flexibility index (Phi) is 12.1. The first kappa shape index (κ1) is 35.0. The van der Waals surface area contributed by atoms with Crippen LogP contribution in [0.3, 0.4) is 0 Å². The number of aromatic carboxylic acids is 1. The number of aromatic nitrogens is 2. The number of carbonyl (C=O) groups is 2. The molecule has 1 unspecified atom stereocenters. The van der Waals surface area contributed by atoms with Crippen molar-refractivity contribution >= 4 is 29.0 Å². The number of hydrazone groups is 1. The Morgan fingerprint density at radius 2 is 1.75 bits per heavy atom. The fourth-order valence-electron chi connectivity index (χ4n) is 4.82. The van der Waals surface area contributed by atoms with E-state index in [4.69, 9.17) is 25.8 Å². The normalized spacial score (nSPS) is 11.9. The molecule has 4 aromatic rings. The first-order valence-corrected chi connectivity index (χ1v) is 15.1. The van der Waals surface area contributed by atoms with E-state index in [1.807, 2.05) is 43.3 Å². The maximum Gasteiger partial charge on any atom is 0.510 e. The molecule has 0 fully saturated rings. The molecule has 3 aromatic carbocycles. The van der Waals surface area contributed by atoms with Gasteiger partial charge in [-0.25, -0.2) is 15.4 Å². The predicted molar refractivity (Wildman–Crippen MR) is 174 cm³/mol. The number of nitrogens with two attached hydrogens (primary N) is 2. The minimum Gasteiger partial charge on any atom is -0.478 e. The summed E-state index contributed by atoms with van der Waals surface area (Å²) >= 11 is 0. The molecule has 0 saturated heterocycles. The van der Waals surface area contributed by atoms with E-state index < -0.39 is 23.4 Å². The van der Waals surface area contributed by atoms with Crippen LogP contribution in [0.5, 0.6) is 6.01 Å². The number of para-hydroxylation sites is 1. The Labute approximate surface area is 275 Å². The number of unbranched alkanes of at least 4 members (excludes halogenated alkanes) is 2. The molecule has 1 atom stereocenters. The van der Waals surface area contributed by atoms with Crippen molar-refractivity contribution in [2.75, 3.05) is 19.8 Å². The fraction of sp³-hybridized carbons (Fsp3) is 0.312. The predicted octanol–water partition coefficient (Wildman–Crippen LogP) is 4.52. The van der Waals surface area contributed by atoms with Gasteiger partial charge in [0.1, 0.15) is 0 Å². The van der Waals surface area contributed by atoms with Gasteiger partial charge in [0.25, 0.3) is 11.1 Å². The van der Waals surface area contributed by atoms with Crippen LogP contribution < -0.4 is 16.3 Å². The molecule has 0 saturated carbocycles. The Bertz CT molecular complexity index is 1760.